The second-order valence-electron chi connectivity index (χ2n) is 4.53. The van der Waals surface area contributed by atoms with E-state index in [1.807, 2.05) is 45.2 Å². The molecule has 0 aliphatic heterocycles. The van der Waals surface area contributed by atoms with E-state index in [4.69, 9.17) is 16.0 Å². The summed E-state index contributed by atoms with van der Waals surface area (Å²) in [5.74, 6) is 1.95. The van der Waals surface area contributed by atoms with Crippen LogP contribution in [0.4, 0.5) is 0 Å². The molecule has 1 unspecified atom stereocenters. The van der Waals surface area contributed by atoms with Gasteiger partial charge in [0.05, 0.1) is 6.04 Å². The summed E-state index contributed by atoms with van der Waals surface area (Å²) in [5, 5.41) is 4.10. The first-order valence-corrected chi connectivity index (χ1v) is 6.41. The molecule has 1 aromatic carbocycles. The van der Waals surface area contributed by atoms with Gasteiger partial charge in [0.15, 0.2) is 0 Å². The summed E-state index contributed by atoms with van der Waals surface area (Å²) in [6.45, 7) is 6.11. The normalized spacial score (nSPS) is 12.7. The Morgan fingerprint density at radius 2 is 1.67 bits per heavy atom. The van der Waals surface area contributed by atoms with Gasteiger partial charge >= 0.3 is 0 Å². The monoisotopic (exact) mass is 263 g/mol. The van der Waals surface area contributed by atoms with E-state index in [2.05, 4.69) is 12.2 Å². The first-order valence-electron chi connectivity index (χ1n) is 6.03. The number of furan rings is 1. The van der Waals surface area contributed by atoms with Crippen LogP contribution in [0.2, 0.25) is 5.02 Å². The molecular weight excluding hydrogens is 246 g/mol. The first-order chi connectivity index (χ1) is 8.54. The van der Waals surface area contributed by atoms with Gasteiger partial charge in [0, 0.05) is 10.6 Å². The number of hydrogen-bond acceptors (Lipinski definition) is 2. The summed E-state index contributed by atoms with van der Waals surface area (Å²) in [6.07, 6.45) is 0. The lowest BCUT2D eigenvalue weighted by Crippen LogP contribution is -2.18. The number of aryl methyl sites for hydroxylation is 2. The molecule has 1 N–H and O–H groups in total. The standard InChI is InChI=1S/C15H18ClNO/c1-9-10(2)18-11(3)14(9)15(17-4)12-5-7-13(16)8-6-12/h5-8,15,17H,1-4H3. The molecule has 3 heteroatoms. The number of rotatable bonds is 3. The van der Waals surface area contributed by atoms with E-state index in [-0.39, 0.29) is 6.04 Å². The molecular formula is C15H18ClNO. The topological polar surface area (TPSA) is 25.2 Å². The van der Waals surface area contributed by atoms with E-state index < -0.39 is 0 Å². The highest BCUT2D eigenvalue weighted by Crippen LogP contribution is 2.31. The highest BCUT2D eigenvalue weighted by atomic mass is 35.5. The minimum atomic E-state index is 0.139. The van der Waals surface area contributed by atoms with Gasteiger partial charge in [-0.2, -0.15) is 0 Å². The van der Waals surface area contributed by atoms with Crippen molar-refractivity contribution in [3.63, 3.8) is 0 Å². The molecule has 0 saturated heterocycles. The van der Waals surface area contributed by atoms with Crippen molar-refractivity contribution in [1.29, 1.82) is 0 Å². The summed E-state index contributed by atoms with van der Waals surface area (Å²) in [7, 11) is 1.96. The molecule has 1 atom stereocenters. The number of halogens is 1. The fourth-order valence-corrected chi connectivity index (χ4v) is 2.49. The average molecular weight is 264 g/mol. The van der Waals surface area contributed by atoms with Crippen LogP contribution in [-0.4, -0.2) is 7.05 Å². The van der Waals surface area contributed by atoms with Gasteiger partial charge in [-0.1, -0.05) is 23.7 Å². The summed E-state index contributed by atoms with van der Waals surface area (Å²) in [6, 6.07) is 8.06. The van der Waals surface area contributed by atoms with E-state index in [1.54, 1.807) is 0 Å². The van der Waals surface area contributed by atoms with Crippen LogP contribution in [0.5, 0.6) is 0 Å². The van der Waals surface area contributed by atoms with Gasteiger partial charge in [-0.15, -0.1) is 0 Å². The predicted molar refractivity (Wildman–Crippen MR) is 75.3 cm³/mol. The molecule has 0 radical (unpaired) electrons. The Balaban J connectivity index is 2.48. The molecule has 0 aliphatic carbocycles. The maximum Gasteiger partial charge on any atom is 0.106 e. The van der Waals surface area contributed by atoms with Gasteiger partial charge in [0.1, 0.15) is 11.5 Å². The van der Waals surface area contributed by atoms with Crippen molar-refractivity contribution in [2.24, 2.45) is 0 Å². The molecule has 2 rings (SSSR count). The Bertz CT molecular complexity index is 542. The van der Waals surface area contributed by atoms with Crippen molar-refractivity contribution < 1.29 is 4.42 Å². The van der Waals surface area contributed by atoms with Crippen molar-refractivity contribution in [1.82, 2.24) is 5.32 Å². The molecule has 1 aromatic heterocycles. The van der Waals surface area contributed by atoms with Gasteiger partial charge in [-0.3, -0.25) is 0 Å². The van der Waals surface area contributed by atoms with Crippen LogP contribution < -0.4 is 5.32 Å². The van der Waals surface area contributed by atoms with Crippen molar-refractivity contribution in [2.45, 2.75) is 26.8 Å². The predicted octanol–water partition coefficient (Wildman–Crippen LogP) is 4.17. The zero-order chi connectivity index (χ0) is 13.3. The van der Waals surface area contributed by atoms with E-state index in [9.17, 15) is 0 Å². The summed E-state index contributed by atoms with van der Waals surface area (Å²) >= 11 is 5.93. The molecule has 2 nitrogen and oxygen atoms in total. The Kier molecular flexibility index (Phi) is 3.79. The van der Waals surface area contributed by atoms with Crippen LogP contribution in [0.25, 0.3) is 0 Å². The van der Waals surface area contributed by atoms with Crippen LogP contribution in [0.1, 0.15) is 34.3 Å². The Hall–Kier alpha value is -1.25. The molecule has 0 fully saturated rings. The average Bonchev–Trinajstić information content (AvgIpc) is 2.59. The highest BCUT2D eigenvalue weighted by Gasteiger charge is 2.21. The van der Waals surface area contributed by atoms with Crippen LogP contribution in [-0.2, 0) is 0 Å². The molecule has 18 heavy (non-hydrogen) atoms. The number of benzene rings is 1. The SMILES string of the molecule is CNC(c1ccc(Cl)cc1)c1c(C)oc(C)c1C. The van der Waals surface area contributed by atoms with E-state index >= 15 is 0 Å². The third kappa shape index (κ3) is 2.31. The Labute approximate surface area is 113 Å². The zero-order valence-corrected chi connectivity index (χ0v) is 11.9. The van der Waals surface area contributed by atoms with Crippen molar-refractivity contribution in [2.75, 3.05) is 7.05 Å². The minimum Gasteiger partial charge on any atom is -0.466 e. The second kappa shape index (κ2) is 5.17. The van der Waals surface area contributed by atoms with E-state index in [0.29, 0.717) is 0 Å². The summed E-state index contributed by atoms with van der Waals surface area (Å²) in [5.41, 5.74) is 3.62. The van der Waals surface area contributed by atoms with Gasteiger partial charge in [-0.25, -0.2) is 0 Å². The summed E-state index contributed by atoms with van der Waals surface area (Å²) in [4.78, 5) is 0. The van der Waals surface area contributed by atoms with Gasteiger partial charge in [-0.05, 0) is 51.1 Å². The maximum atomic E-state index is 5.93. The lowest BCUT2D eigenvalue weighted by atomic mass is 9.95. The van der Waals surface area contributed by atoms with Gasteiger partial charge < -0.3 is 9.73 Å². The van der Waals surface area contributed by atoms with Crippen LogP contribution in [0.15, 0.2) is 28.7 Å². The van der Waals surface area contributed by atoms with E-state index in [0.717, 1.165) is 16.5 Å². The molecule has 1 heterocycles. The largest absolute Gasteiger partial charge is 0.466 e. The molecule has 2 aromatic rings. The highest BCUT2D eigenvalue weighted by molar-refractivity contribution is 6.30. The second-order valence-corrected chi connectivity index (χ2v) is 4.96. The Morgan fingerprint density at radius 3 is 2.11 bits per heavy atom. The third-order valence-electron chi connectivity index (χ3n) is 3.40. The van der Waals surface area contributed by atoms with Crippen LogP contribution in [0.3, 0.4) is 0 Å². The minimum absolute atomic E-state index is 0.139. The lowest BCUT2D eigenvalue weighted by Gasteiger charge is -2.17. The van der Waals surface area contributed by atoms with Crippen LogP contribution >= 0.6 is 11.6 Å². The molecule has 0 saturated carbocycles. The third-order valence-corrected chi connectivity index (χ3v) is 3.65. The maximum absolute atomic E-state index is 5.93. The molecule has 0 spiro atoms. The van der Waals surface area contributed by atoms with Crippen LogP contribution in [0, 0.1) is 20.8 Å². The van der Waals surface area contributed by atoms with Crippen molar-refractivity contribution >= 4 is 11.6 Å². The zero-order valence-electron chi connectivity index (χ0n) is 11.2. The molecule has 0 aliphatic rings. The van der Waals surface area contributed by atoms with Gasteiger partial charge in [0.25, 0.3) is 0 Å². The van der Waals surface area contributed by atoms with E-state index in [1.165, 1.54) is 16.7 Å². The first kappa shape index (κ1) is 13.2. The Morgan fingerprint density at radius 1 is 1.06 bits per heavy atom. The van der Waals surface area contributed by atoms with Gasteiger partial charge in [0.2, 0.25) is 0 Å². The number of nitrogens with one attached hydrogen (secondary N) is 1. The number of hydrogen-bond donors (Lipinski definition) is 1. The molecule has 96 valence electrons. The molecule has 0 amide bonds. The quantitative estimate of drug-likeness (QED) is 0.899. The fourth-order valence-electron chi connectivity index (χ4n) is 2.37. The lowest BCUT2D eigenvalue weighted by molar-refractivity contribution is 0.495. The molecule has 0 bridgehead atoms. The van der Waals surface area contributed by atoms with Crippen molar-refractivity contribution in [3.8, 4) is 0 Å². The van der Waals surface area contributed by atoms with Crippen molar-refractivity contribution in [3.05, 3.63) is 57.5 Å². The fraction of sp³-hybridized carbons (Fsp3) is 0.333. The summed E-state index contributed by atoms with van der Waals surface area (Å²) < 4.78 is 5.71. The smallest absolute Gasteiger partial charge is 0.106 e.